The molecular weight excluding hydrogens is 226 g/mol. The molecule has 2 N–H and O–H groups in total. The summed E-state index contributed by atoms with van der Waals surface area (Å²) in [6, 6.07) is 6.19. The van der Waals surface area contributed by atoms with Gasteiger partial charge in [0.2, 0.25) is 0 Å². The lowest BCUT2D eigenvalue weighted by atomic mass is 10.2. The van der Waals surface area contributed by atoms with E-state index in [4.69, 9.17) is 11.0 Å². The molecule has 1 aromatic rings. The van der Waals surface area contributed by atoms with E-state index in [1.54, 1.807) is 6.07 Å². The zero-order chi connectivity index (χ0) is 13.1. The van der Waals surface area contributed by atoms with Crippen LogP contribution < -0.4 is 10.6 Å². The van der Waals surface area contributed by atoms with E-state index >= 15 is 0 Å². The minimum atomic E-state index is 0.322. The first kappa shape index (κ1) is 12.7. The fourth-order valence-electron chi connectivity index (χ4n) is 2.46. The lowest BCUT2D eigenvalue weighted by molar-refractivity contribution is 0.371. The molecule has 1 aromatic heterocycles. The van der Waals surface area contributed by atoms with E-state index in [-0.39, 0.29) is 0 Å². The Morgan fingerprint density at radius 2 is 2.33 bits per heavy atom. The van der Waals surface area contributed by atoms with Crippen LogP contribution in [0, 0.1) is 11.3 Å². The van der Waals surface area contributed by atoms with Crippen LogP contribution in [-0.2, 0) is 0 Å². The van der Waals surface area contributed by atoms with Gasteiger partial charge in [0.1, 0.15) is 11.9 Å². The highest BCUT2D eigenvalue weighted by Gasteiger charge is 2.26. The van der Waals surface area contributed by atoms with Crippen LogP contribution in [0.15, 0.2) is 12.1 Å². The Bertz CT molecular complexity index is 463. The highest BCUT2D eigenvalue weighted by molar-refractivity contribution is 5.56. The second-order valence-electron chi connectivity index (χ2n) is 4.97. The summed E-state index contributed by atoms with van der Waals surface area (Å²) in [5.74, 6) is 0.866. The van der Waals surface area contributed by atoms with Crippen LogP contribution in [0.5, 0.6) is 0 Å². The molecule has 1 atom stereocenters. The van der Waals surface area contributed by atoms with E-state index in [1.807, 2.05) is 12.1 Å². The Kier molecular flexibility index (Phi) is 3.68. The van der Waals surface area contributed by atoms with E-state index in [9.17, 15) is 0 Å². The molecule has 5 nitrogen and oxygen atoms in total. The molecule has 2 rings (SSSR count). The molecule has 0 radical (unpaired) electrons. The minimum absolute atomic E-state index is 0.322. The molecule has 96 valence electrons. The molecule has 0 spiro atoms. The number of anilines is 2. The largest absolute Gasteiger partial charge is 0.396 e. The van der Waals surface area contributed by atoms with E-state index in [1.165, 1.54) is 12.8 Å². The molecule has 18 heavy (non-hydrogen) atoms. The van der Waals surface area contributed by atoms with Crippen molar-refractivity contribution in [1.82, 2.24) is 9.88 Å². The standard InChI is InChI=1S/C13H19N5/c1-17(2)9-10-4-3-7-18(10)13-6-5-11(15)12(8-14)16-13/h5-6,10H,3-4,7,9,15H2,1-2H3. The zero-order valence-electron chi connectivity index (χ0n) is 10.9. The minimum Gasteiger partial charge on any atom is -0.396 e. The number of nitrogens with two attached hydrogens (primary N) is 1. The van der Waals surface area contributed by atoms with Crippen LogP contribution in [-0.4, -0.2) is 43.1 Å². The van der Waals surface area contributed by atoms with Gasteiger partial charge in [-0.05, 0) is 39.1 Å². The summed E-state index contributed by atoms with van der Waals surface area (Å²) < 4.78 is 0. The number of nitrogen functional groups attached to an aromatic ring is 1. The first-order valence-corrected chi connectivity index (χ1v) is 6.20. The quantitative estimate of drug-likeness (QED) is 0.862. The first-order valence-electron chi connectivity index (χ1n) is 6.20. The van der Waals surface area contributed by atoms with Crippen molar-refractivity contribution >= 4 is 11.5 Å². The Morgan fingerprint density at radius 3 is 3.00 bits per heavy atom. The molecule has 5 heteroatoms. The van der Waals surface area contributed by atoms with Crippen LogP contribution in [0.2, 0.25) is 0 Å². The third-order valence-corrected chi connectivity index (χ3v) is 3.26. The highest BCUT2D eigenvalue weighted by atomic mass is 15.3. The van der Waals surface area contributed by atoms with Crippen molar-refractivity contribution in [1.29, 1.82) is 5.26 Å². The Hall–Kier alpha value is -1.80. The smallest absolute Gasteiger partial charge is 0.165 e. The summed E-state index contributed by atoms with van der Waals surface area (Å²) in [7, 11) is 4.15. The van der Waals surface area contributed by atoms with E-state index in [0.717, 1.165) is 18.9 Å². The molecule has 2 heterocycles. The van der Waals surface area contributed by atoms with Gasteiger partial charge in [-0.2, -0.15) is 5.26 Å². The molecule has 0 saturated carbocycles. The van der Waals surface area contributed by atoms with Crippen LogP contribution in [0.25, 0.3) is 0 Å². The number of hydrogen-bond acceptors (Lipinski definition) is 5. The van der Waals surface area contributed by atoms with Gasteiger partial charge in [0, 0.05) is 19.1 Å². The van der Waals surface area contributed by atoms with Gasteiger partial charge >= 0.3 is 0 Å². The fraction of sp³-hybridized carbons (Fsp3) is 0.538. The van der Waals surface area contributed by atoms with E-state index in [0.29, 0.717) is 17.4 Å². The maximum Gasteiger partial charge on any atom is 0.165 e. The maximum atomic E-state index is 8.98. The summed E-state index contributed by atoms with van der Waals surface area (Å²) in [4.78, 5) is 8.82. The topological polar surface area (TPSA) is 69.2 Å². The van der Waals surface area contributed by atoms with Crippen molar-refractivity contribution in [2.75, 3.05) is 37.8 Å². The summed E-state index contributed by atoms with van der Waals surface area (Å²) in [5, 5.41) is 8.98. The van der Waals surface area contributed by atoms with Crippen LogP contribution in [0.1, 0.15) is 18.5 Å². The SMILES string of the molecule is CN(C)CC1CCCN1c1ccc(N)c(C#N)n1. The van der Waals surface area contributed by atoms with Crippen molar-refractivity contribution in [2.45, 2.75) is 18.9 Å². The third-order valence-electron chi connectivity index (χ3n) is 3.26. The summed E-state index contributed by atoms with van der Waals surface area (Å²) in [6.45, 7) is 2.01. The van der Waals surface area contributed by atoms with Crippen molar-refractivity contribution in [3.05, 3.63) is 17.8 Å². The van der Waals surface area contributed by atoms with E-state index < -0.39 is 0 Å². The monoisotopic (exact) mass is 245 g/mol. The lowest BCUT2D eigenvalue weighted by Gasteiger charge is -2.28. The molecular formula is C13H19N5. The van der Waals surface area contributed by atoms with Gasteiger partial charge in [-0.1, -0.05) is 0 Å². The Labute approximate surface area is 108 Å². The molecule has 0 amide bonds. The van der Waals surface area contributed by atoms with Gasteiger partial charge in [0.05, 0.1) is 5.69 Å². The van der Waals surface area contributed by atoms with Gasteiger partial charge in [-0.25, -0.2) is 4.98 Å². The van der Waals surface area contributed by atoms with Crippen LogP contribution in [0.4, 0.5) is 11.5 Å². The number of likely N-dealkylation sites (N-methyl/N-ethyl adjacent to an activating group) is 1. The maximum absolute atomic E-state index is 8.98. The van der Waals surface area contributed by atoms with Gasteiger partial charge in [-0.15, -0.1) is 0 Å². The van der Waals surface area contributed by atoms with Gasteiger partial charge < -0.3 is 15.5 Å². The molecule has 1 aliphatic heterocycles. The lowest BCUT2D eigenvalue weighted by Crippen LogP contribution is -2.38. The number of hydrogen-bond donors (Lipinski definition) is 1. The highest BCUT2D eigenvalue weighted by Crippen LogP contribution is 2.25. The Morgan fingerprint density at radius 1 is 1.56 bits per heavy atom. The van der Waals surface area contributed by atoms with Gasteiger partial charge in [0.25, 0.3) is 0 Å². The zero-order valence-corrected chi connectivity index (χ0v) is 10.9. The summed E-state index contributed by atoms with van der Waals surface area (Å²) >= 11 is 0. The molecule has 1 saturated heterocycles. The van der Waals surface area contributed by atoms with Crippen LogP contribution in [0.3, 0.4) is 0 Å². The third kappa shape index (κ3) is 2.54. The molecule has 0 aromatic carbocycles. The molecule has 0 aliphatic carbocycles. The molecule has 0 bridgehead atoms. The number of nitriles is 1. The molecule has 1 unspecified atom stereocenters. The molecule has 1 fully saturated rings. The van der Waals surface area contributed by atoms with Crippen LogP contribution >= 0.6 is 0 Å². The van der Waals surface area contributed by atoms with Gasteiger partial charge in [-0.3, -0.25) is 0 Å². The summed E-state index contributed by atoms with van der Waals surface area (Å²) in [5.41, 5.74) is 6.47. The number of aromatic nitrogens is 1. The average molecular weight is 245 g/mol. The van der Waals surface area contributed by atoms with E-state index in [2.05, 4.69) is 28.9 Å². The first-order chi connectivity index (χ1) is 8.61. The predicted molar refractivity (Wildman–Crippen MR) is 72.3 cm³/mol. The number of pyridine rings is 1. The van der Waals surface area contributed by atoms with Crippen molar-refractivity contribution < 1.29 is 0 Å². The Balaban J connectivity index is 2.22. The van der Waals surface area contributed by atoms with Crippen molar-refractivity contribution in [3.63, 3.8) is 0 Å². The van der Waals surface area contributed by atoms with Gasteiger partial charge in [0.15, 0.2) is 5.69 Å². The average Bonchev–Trinajstić information content (AvgIpc) is 2.77. The summed E-state index contributed by atoms with van der Waals surface area (Å²) in [6.07, 6.45) is 2.35. The fourth-order valence-corrected chi connectivity index (χ4v) is 2.46. The second-order valence-corrected chi connectivity index (χ2v) is 4.97. The predicted octanol–water partition coefficient (Wildman–Crippen LogP) is 1.07. The molecule has 1 aliphatic rings. The normalized spacial score (nSPS) is 19.2. The van der Waals surface area contributed by atoms with Crippen molar-refractivity contribution in [3.8, 4) is 6.07 Å². The second kappa shape index (κ2) is 5.23. The number of rotatable bonds is 3. The van der Waals surface area contributed by atoms with Crippen molar-refractivity contribution in [2.24, 2.45) is 0 Å². The number of nitrogens with zero attached hydrogens (tertiary/aromatic N) is 4.